The van der Waals surface area contributed by atoms with Crippen LogP contribution in [0.15, 0.2) is 48.5 Å². The predicted molar refractivity (Wildman–Crippen MR) is 99.6 cm³/mol. The fraction of sp³-hybridized carbons (Fsp3) is 0.381. The number of hydrogen-bond acceptors (Lipinski definition) is 4. The molecule has 0 aromatic heterocycles. The van der Waals surface area contributed by atoms with E-state index in [9.17, 15) is 9.90 Å². The molecule has 2 aromatic carbocycles. The highest BCUT2D eigenvalue weighted by Crippen LogP contribution is 2.31. The maximum absolute atomic E-state index is 12.8. The SMILES string of the molecule is COc1cc(OC)cc(C(=O)N2CCC(C(O)c3ccccc3)CC2)c1. The molecule has 2 aromatic rings. The molecule has 0 spiro atoms. The molecule has 3 rings (SSSR count). The Bertz CT molecular complexity index is 717. The van der Waals surface area contributed by atoms with Crippen molar-refractivity contribution >= 4 is 5.91 Å². The Labute approximate surface area is 154 Å². The average molecular weight is 355 g/mol. The number of amides is 1. The lowest BCUT2D eigenvalue weighted by Gasteiger charge is -2.34. The smallest absolute Gasteiger partial charge is 0.254 e. The number of aliphatic hydroxyl groups is 1. The van der Waals surface area contributed by atoms with Crippen LogP contribution >= 0.6 is 0 Å². The van der Waals surface area contributed by atoms with Crippen molar-refractivity contribution in [3.05, 3.63) is 59.7 Å². The Morgan fingerprint density at radius 1 is 1.04 bits per heavy atom. The van der Waals surface area contributed by atoms with Crippen LogP contribution in [0.1, 0.15) is 34.9 Å². The fourth-order valence-corrected chi connectivity index (χ4v) is 3.45. The van der Waals surface area contributed by atoms with Gasteiger partial charge in [0.15, 0.2) is 0 Å². The molecular weight excluding hydrogens is 330 g/mol. The van der Waals surface area contributed by atoms with Gasteiger partial charge in [-0.2, -0.15) is 0 Å². The van der Waals surface area contributed by atoms with E-state index in [1.54, 1.807) is 32.4 Å². The van der Waals surface area contributed by atoms with Gasteiger partial charge in [-0.15, -0.1) is 0 Å². The quantitative estimate of drug-likeness (QED) is 0.894. The molecule has 1 atom stereocenters. The molecule has 0 saturated carbocycles. The van der Waals surface area contributed by atoms with Gasteiger partial charge in [0.2, 0.25) is 0 Å². The zero-order chi connectivity index (χ0) is 18.5. The maximum atomic E-state index is 12.8. The van der Waals surface area contributed by atoms with E-state index in [4.69, 9.17) is 9.47 Å². The van der Waals surface area contributed by atoms with Gasteiger partial charge in [0.25, 0.3) is 5.91 Å². The Morgan fingerprint density at radius 3 is 2.15 bits per heavy atom. The van der Waals surface area contributed by atoms with Crippen molar-refractivity contribution in [1.29, 1.82) is 0 Å². The van der Waals surface area contributed by atoms with Gasteiger partial charge in [0.1, 0.15) is 11.5 Å². The number of likely N-dealkylation sites (tertiary alicyclic amines) is 1. The van der Waals surface area contributed by atoms with Gasteiger partial charge in [-0.25, -0.2) is 0 Å². The third-order valence-electron chi connectivity index (χ3n) is 5.01. The van der Waals surface area contributed by atoms with Crippen LogP contribution in [0.4, 0.5) is 0 Å². The summed E-state index contributed by atoms with van der Waals surface area (Å²) in [5.41, 5.74) is 1.50. The molecule has 138 valence electrons. The molecule has 1 saturated heterocycles. The summed E-state index contributed by atoms with van der Waals surface area (Å²) in [6.45, 7) is 1.26. The van der Waals surface area contributed by atoms with E-state index in [1.807, 2.05) is 35.2 Å². The van der Waals surface area contributed by atoms with Crippen molar-refractivity contribution in [2.75, 3.05) is 27.3 Å². The third kappa shape index (κ3) is 3.99. The van der Waals surface area contributed by atoms with E-state index in [2.05, 4.69) is 0 Å². The minimum absolute atomic E-state index is 0.0325. The molecule has 0 bridgehead atoms. The average Bonchev–Trinajstić information content (AvgIpc) is 2.73. The summed E-state index contributed by atoms with van der Waals surface area (Å²) in [4.78, 5) is 14.7. The molecule has 1 aliphatic heterocycles. The van der Waals surface area contributed by atoms with Crippen LogP contribution in [0, 0.1) is 5.92 Å². The Morgan fingerprint density at radius 2 is 1.62 bits per heavy atom. The number of carbonyl (C=O) groups is 1. The number of piperidine rings is 1. The molecule has 0 radical (unpaired) electrons. The second-order valence-electron chi connectivity index (χ2n) is 6.59. The summed E-state index contributed by atoms with van der Waals surface area (Å²) in [6, 6.07) is 14.9. The van der Waals surface area contributed by atoms with Crippen LogP contribution in [0.5, 0.6) is 11.5 Å². The molecule has 1 amide bonds. The molecule has 1 fully saturated rings. The number of hydrogen-bond donors (Lipinski definition) is 1. The van der Waals surface area contributed by atoms with Gasteiger partial charge in [-0.1, -0.05) is 30.3 Å². The van der Waals surface area contributed by atoms with Gasteiger partial charge in [-0.05, 0) is 36.5 Å². The fourth-order valence-electron chi connectivity index (χ4n) is 3.45. The summed E-state index contributed by atoms with van der Waals surface area (Å²) in [5, 5.41) is 10.6. The van der Waals surface area contributed by atoms with Crippen LogP contribution in [0.25, 0.3) is 0 Å². The molecular formula is C21H25NO4. The zero-order valence-corrected chi connectivity index (χ0v) is 15.2. The largest absolute Gasteiger partial charge is 0.497 e. The first-order valence-electron chi connectivity index (χ1n) is 8.87. The second-order valence-corrected chi connectivity index (χ2v) is 6.59. The van der Waals surface area contributed by atoms with Crippen molar-refractivity contribution in [2.24, 2.45) is 5.92 Å². The van der Waals surface area contributed by atoms with E-state index in [1.165, 1.54) is 0 Å². The van der Waals surface area contributed by atoms with Gasteiger partial charge in [0.05, 0.1) is 20.3 Å². The van der Waals surface area contributed by atoms with E-state index in [-0.39, 0.29) is 11.8 Å². The number of nitrogens with zero attached hydrogens (tertiary/aromatic N) is 1. The summed E-state index contributed by atoms with van der Waals surface area (Å²) in [6.07, 6.45) is 1.08. The van der Waals surface area contributed by atoms with Crippen molar-refractivity contribution in [2.45, 2.75) is 18.9 Å². The Balaban J connectivity index is 1.65. The predicted octanol–water partition coefficient (Wildman–Crippen LogP) is 3.29. The normalized spacial score (nSPS) is 16.2. The van der Waals surface area contributed by atoms with Crippen LogP contribution in [-0.4, -0.2) is 43.2 Å². The lowest BCUT2D eigenvalue weighted by atomic mass is 9.87. The van der Waals surface area contributed by atoms with Crippen LogP contribution < -0.4 is 9.47 Å². The first kappa shape index (κ1) is 18.3. The molecule has 26 heavy (non-hydrogen) atoms. The van der Waals surface area contributed by atoms with Crippen LogP contribution in [-0.2, 0) is 0 Å². The topological polar surface area (TPSA) is 59.0 Å². The van der Waals surface area contributed by atoms with Gasteiger partial charge in [0, 0.05) is 24.7 Å². The molecule has 1 heterocycles. The van der Waals surface area contributed by atoms with E-state index >= 15 is 0 Å². The maximum Gasteiger partial charge on any atom is 0.254 e. The summed E-state index contributed by atoms with van der Waals surface area (Å²) in [5.74, 6) is 1.33. The van der Waals surface area contributed by atoms with Crippen molar-refractivity contribution in [3.63, 3.8) is 0 Å². The number of ether oxygens (including phenoxy) is 2. The molecule has 5 heteroatoms. The monoisotopic (exact) mass is 355 g/mol. The lowest BCUT2D eigenvalue weighted by molar-refractivity contribution is 0.0462. The first-order chi connectivity index (χ1) is 12.6. The number of methoxy groups -OCH3 is 2. The number of rotatable bonds is 5. The van der Waals surface area contributed by atoms with Crippen LogP contribution in [0.3, 0.4) is 0 Å². The Kier molecular flexibility index (Phi) is 5.78. The van der Waals surface area contributed by atoms with E-state index in [0.717, 1.165) is 18.4 Å². The zero-order valence-electron chi connectivity index (χ0n) is 15.2. The van der Waals surface area contributed by atoms with Crippen molar-refractivity contribution < 1.29 is 19.4 Å². The lowest BCUT2D eigenvalue weighted by Crippen LogP contribution is -2.39. The van der Waals surface area contributed by atoms with Gasteiger partial charge in [-0.3, -0.25) is 4.79 Å². The summed E-state index contributed by atoms with van der Waals surface area (Å²) < 4.78 is 10.5. The van der Waals surface area contributed by atoms with Gasteiger partial charge >= 0.3 is 0 Å². The standard InChI is InChI=1S/C21H25NO4/c1-25-18-12-17(13-19(14-18)26-2)21(24)22-10-8-16(9-11-22)20(23)15-6-4-3-5-7-15/h3-7,12-14,16,20,23H,8-11H2,1-2H3. The van der Waals surface area contributed by atoms with E-state index < -0.39 is 6.10 Å². The highest BCUT2D eigenvalue weighted by Gasteiger charge is 2.29. The van der Waals surface area contributed by atoms with Gasteiger partial charge < -0.3 is 19.5 Å². The summed E-state index contributed by atoms with van der Waals surface area (Å²) in [7, 11) is 3.14. The van der Waals surface area contributed by atoms with E-state index in [0.29, 0.717) is 30.2 Å². The second kappa shape index (κ2) is 8.23. The number of aliphatic hydroxyl groups excluding tert-OH is 1. The number of benzene rings is 2. The summed E-state index contributed by atoms with van der Waals surface area (Å²) >= 11 is 0. The molecule has 1 aliphatic rings. The Hall–Kier alpha value is -2.53. The molecule has 1 unspecified atom stereocenters. The van der Waals surface area contributed by atoms with Crippen LogP contribution in [0.2, 0.25) is 0 Å². The molecule has 0 aliphatic carbocycles. The highest BCUT2D eigenvalue weighted by atomic mass is 16.5. The number of carbonyl (C=O) groups excluding carboxylic acids is 1. The third-order valence-corrected chi connectivity index (χ3v) is 5.01. The highest BCUT2D eigenvalue weighted by molar-refractivity contribution is 5.95. The van der Waals surface area contributed by atoms with Crippen molar-refractivity contribution in [1.82, 2.24) is 4.90 Å². The minimum Gasteiger partial charge on any atom is -0.497 e. The van der Waals surface area contributed by atoms with Crippen molar-refractivity contribution in [3.8, 4) is 11.5 Å². The minimum atomic E-state index is -0.481. The molecule has 5 nitrogen and oxygen atoms in total. The first-order valence-corrected chi connectivity index (χ1v) is 8.87. The molecule has 1 N–H and O–H groups in total.